The van der Waals surface area contributed by atoms with Crippen LogP contribution in [0.15, 0.2) is 12.2 Å². The van der Waals surface area contributed by atoms with E-state index in [0.717, 1.165) is 32.6 Å². The molecule has 0 bridgehead atoms. The molecule has 0 aliphatic carbocycles. The van der Waals surface area contributed by atoms with E-state index >= 15 is 0 Å². The minimum atomic E-state index is 0.0896. The molecule has 1 amide bonds. The lowest BCUT2D eigenvalue weighted by molar-refractivity contribution is -0.141. The van der Waals surface area contributed by atoms with Crippen molar-refractivity contribution < 1.29 is 4.79 Å². The summed E-state index contributed by atoms with van der Waals surface area (Å²) in [5.74, 6) is 0.316. The van der Waals surface area contributed by atoms with Crippen molar-refractivity contribution in [3.8, 4) is 0 Å². The zero-order valence-corrected chi connectivity index (χ0v) is 10.6. The fraction of sp³-hybridized carbons (Fsp3) is 0.769. The third-order valence-corrected chi connectivity index (χ3v) is 3.62. The summed E-state index contributed by atoms with van der Waals surface area (Å²) in [7, 11) is 0. The average Bonchev–Trinajstić information content (AvgIpc) is 2.36. The summed E-state index contributed by atoms with van der Waals surface area (Å²) < 4.78 is 0. The first-order valence-corrected chi connectivity index (χ1v) is 6.24. The molecule has 0 spiro atoms. The summed E-state index contributed by atoms with van der Waals surface area (Å²) in [5.41, 5.74) is 0.198. The molecule has 0 aromatic rings. The predicted octanol–water partition coefficient (Wildman–Crippen LogP) is 1.51. The third kappa shape index (κ3) is 2.14. The molecule has 3 nitrogen and oxygen atoms in total. The third-order valence-electron chi connectivity index (χ3n) is 3.62. The van der Waals surface area contributed by atoms with E-state index in [4.69, 9.17) is 0 Å². The van der Waals surface area contributed by atoms with Crippen LogP contribution in [0, 0.1) is 5.41 Å². The Morgan fingerprint density at radius 3 is 2.88 bits per heavy atom. The van der Waals surface area contributed by atoms with E-state index in [0.29, 0.717) is 5.91 Å². The number of piperazine rings is 1. The number of nitrogens with zero attached hydrogens (tertiary/aromatic N) is 2. The molecule has 1 atom stereocenters. The lowest BCUT2D eigenvalue weighted by Gasteiger charge is -2.41. The van der Waals surface area contributed by atoms with Crippen molar-refractivity contribution in [3.05, 3.63) is 12.2 Å². The maximum Gasteiger partial charge on any atom is 0.240 e. The molecule has 90 valence electrons. The van der Waals surface area contributed by atoms with Crippen LogP contribution in [0.2, 0.25) is 0 Å². The van der Waals surface area contributed by atoms with Gasteiger partial charge in [-0.1, -0.05) is 26.0 Å². The molecule has 0 N–H and O–H groups in total. The number of rotatable bonds is 1. The summed E-state index contributed by atoms with van der Waals surface area (Å²) in [6.45, 7) is 10.3. The van der Waals surface area contributed by atoms with Gasteiger partial charge < -0.3 is 4.90 Å². The van der Waals surface area contributed by atoms with E-state index in [1.165, 1.54) is 0 Å². The Bertz CT molecular complexity index is 309. The van der Waals surface area contributed by atoms with Crippen LogP contribution in [0.5, 0.6) is 0 Å². The zero-order valence-electron chi connectivity index (χ0n) is 10.6. The van der Waals surface area contributed by atoms with E-state index in [1.54, 1.807) is 0 Å². The van der Waals surface area contributed by atoms with Gasteiger partial charge in [0.05, 0.1) is 6.04 Å². The monoisotopic (exact) mass is 222 g/mol. The molecule has 16 heavy (non-hydrogen) atoms. The van der Waals surface area contributed by atoms with Gasteiger partial charge in [-0.15, -0.1) is 0 Å². The minimum Gasteiger partial charge on any atom is -0.340 e. The predicted molar refractivity (Wildman–Crippen MR) is 65.2 cm³/mol. The largest absolute Gasteiger partial charge is 0.340 e. The smallest absolute Gasteiger partial charge is 0.240 e. The highest BCUT2D eigenvalue weighted by Crippen LogP contribution is 2.27. The fourth-order valence-electron chi connectivity index (χ4n) is 2.73. The van der Waals surface area contributed by atoms with Gasteiger partial charge in [-0.3, -0.25) is 9.69 Å². The molecule has 2 aliphatic heterocycles. The van der Waals surface area contributed by atoms with Crippen molar-refractivity contribution in [1.29, 1.82) is 0 Å². The van der Waals surface area contributed by atoms with Crippen molar-refractivity contribution in [3.63, 3.8) is 0 Å². The summed E-state index contributed by atoms with van der Waals surface area (Å²) in [4.78, 5) is 16.5. The summed E-state index contributed by atoms with van der Waals surface area (Å²) in [6.07, 6.45) is 5.31. The number of amides is 1. The van der Waals surface area contributed by atoms with Crippen molar-refractivity contribution in [2.45, 2.75) is 33.2 Å². The molecule has 3 heteroatoms. The molecule has 2 aliphatic rings. The van der Waals surface area contributed by atoms with Crippen LogP contribution in [0.3, 0.4) is 0 Å². The number of hydrogen-bond acceptors (Lipinski definition) is 2. The Kier molecular flexibility index (Phi) is 3.06. The average molecular weight is 222 g/mol. The molecular weight excluding hydrogens is 200 g/mol. The number of likely N-dealkylation sites (N-methyl/N-ethyl adjacent to an activating group) is 1. The Morgan fingerprint density at radius 2 is 2.19 bits per heavy atom. The van der Waals surface area contributed by atoms with E-state index < -0.39 is 0 Å². The molecular formula is C13H22N2O. The Balaban J connectivity index is 2.15. The van der Waals surface area contributed by atoms with E-state index in [-0.39, 0.29) is 11.5 Å². The van der Waals surface area contributed by atoms with E-state index in [2.05, 4.69) is 37.8 Å². The second-order valence-electron chi connectivity index (χ2n) is 5.53. The van der Waals surface area contributed by atoms with Gasteiger partial charge in [0, 0.05) is 26.2 Å². The Labute approximate surface area is 98.1 Å². The molecule has 1 saturated heterocycles. The SMILES string of the molecule is CCN1CCN2CC(C)(C)C=CCC2C1=O. The van der Waals surface area contributed by atoms with Crippen LogP contribution in [0.4, 0.5) is 0 Å². The number of fused-ring (bicyclic) bond motifs is 1. The van der Waals surface area contributed by atoms with Crippen molar-refractivity contribution in [2.75, 3.05) is 26.2 Å². The minimum absolute atomic E-state index is 0.0896. The first kappa shape index (κ1) is 11.6. The van der Waals surface area contributed by atoms with Gasteiger partial charge in [-0.2, -0.15) is 0 Å². The number of carbonyl (C=O) groups is 1. The first-order valence-electron chi connectivity index (χ1n) is 6.24. The summed E-state index contributed by atoms with van der Waals surface area (Å²) in [5, 5.41) is 0. The normalized spacial score (nSPS) is 30.1. The van der Waals surface area contributed by atoms with Crippen LogP contribution < -0.4 is 0 Å². The van der Waals surface area contributed by atoms with Crippen molar-refractivity contribution in [1.82, 2.24) is 9.80 Å². The molecule has 0 aromatic heterocycles. The molecule has 0 saturated carbocycles. The van der Waals surface area contributed by atoms with Crippen LogP contribution in [-0.4, -0.2) is 47.9 Å². The fourth-order valence-corrected chi connectivity index (χ4v) is 2.73. The van der Waals surface area contributed by atoms with Gasteiger partial charge in [0.2, 0.25) is 5.91 Å². The standard InChI is InChI=1S/C13H22N2O/c1-4-14-8-9-15-10-13(2,3)7-5-6-11(15)12(14)16/h5,7,11H,4,6,8-10H2,1-3H3. The quantitative estimate of drug-likeness (QED) is 0.628. The molecule has 2 heterocycles. The van der Waals surface area contributed by atoms with Gasteiger partial charge >= 0.3 is 0 Å². The summed E-state index contributed by atoms with van der Waals surface area (Å²) >= 11 is 0. The van der Waals surface area contributed by atoms with Crippen LogP contribution >= 0.6 is 0 Å². The highest BCUT2D eigenvalue weighted by atomic mass is 16.2. The van der Waals surface area contributed by atoms with Crippen molar-refractivity contribution in [2.24, 2.45) is 5.41 Å². The second-order valence-corrected chi connectivity index (χ2v) is 5.53. The van der Waals surface area contributed by atoms with Gasteiger partial charge in [0.15, 0.2) is 0 Å². The molecule has 1 fully saturated rings. The van der Waals surface area contributed by atoms with Crippen LogP contribution in [0.25, 0.3) is 0 Å². The maximum atomic E-state index is 12.2. The highest BCUT2D eigenvalue weighted by molar-refractivity contribution is 5.83. The van der Waals surface area contributed by atoms with E-state index in [1.807, 2.05) is 4.90 Å². The van der Waals surface area contributed by atoms with Gasteiger partial charge in [-0.05, 0) is 18.8 Å². The molecule has 1 unspecified atom stereocenters. The van der Waals surface area contributed by atoms with E-state index in [9.17, 15) is 4.79 Å². The van der Waals surface area contributed by atoms with Crippen molar-refractivity contribution >= 4 is 5.91 Å². The Morgan fingerprint density at radius 1 is 1.44 bits per heavy atom. The highest BCUT2D eigenvalue weighted by Gasteiger charge is 2.36. The van der Waals surface area contributed by atoms with Gasteiger partial charge in [0.1, 0.15) is 0 Å². The zero-order chi connectivity index (χ0) is 11.8. The molecule has 0 aromatic carbocycles. The second kappa shape index (κ2) is 4.21. The molecule has 0 radical (unpaired) electrons. The Hall–Kier alpha value is -0.830. The first-order chi connectivity index (χ1) is 7.53. The molecule has 2 rings (SSSR count). The lowest BCUT2D eigenvalue weighted by Crippen LogP contribution is -2.57. The maximum absolute atomic E-state index is 12.2. The van der Waals surface area contributed by atoms with Gasteiger partial charge in [-0.25, -0.2) is 0 Å². The number of carbonyl (C=O) groups excluding carboxylic acids is 1. The topological polar surface area (TPSA) is 23.6 Å². The van der Waals surface area contributed by atoms with Crippen LogP contribution in [0.1, 0.15) is 27.2 Å². The lowest BCUT2D eigenvalue weighted by atomic mass is 9.93. The summed E-state index contributed by atoms with van der Waals surface area (Å²) in [6, 6.07) is 0.0896. The number of hydrogen-bond donors (Lipinski definition) is 0. The van der Waals surface area contributed by atoms with Gasteiger partial charge in [0.25, 0.3) is 0 Å². The van der Waals surface area contributed by atoms with Crippen LogP contribution in [-0.2, 0) is 4.79 Å².